The average Bonchev–Trinajstić information content (AvgIpc) is 2.41. The number of hydrogen-bond acceptors (Lipinski definition) is 3. The number of aliphatic imine (C=N–C) groups is 1. The van der Waals surface area contributed by atoms with Gasteiger partial charge in [-0.2, -0.15) is 0 Å². The van der Waals surface area contributed by atoms with Gasteiger partial charge in [-0.15, -0.1) is 24.0 Å². The molecule has 0 saturated carbocycles. The van der Waals surface area contributed by atoms with E-state index >= 15 is 0 Å². The lowest BCUT2D eigenvalue weighted by Crippen LogP contribution is -2.44. The quantitative estimate of drug-likeness (QED) is 0.255. The van der Waals surface area contributed by atoms with Crippen LogP contribution < -0.4 is 10.6 Å². The van der Waals surface area contributed by atoms with Crippen LogP contribution in [0.1, 0.15) is 33.6 Å². The molecule has 122 valence electrons. The zero-order chi connectivity index (χ0) is 14.5. The van der Waals surface area contributed by atoms with Crippen LogP contribution in [0.4, 0.5) is 0 Å². The lowest BCUT2D eigenvalue weighted by molar-refractivity contribution is 0.179. The Morgan fingerprint density at radius 3 is 2.40 bits per heavy atom. The van der Waals surface area contributed by atoms with Gasteiger partial charge in [0.25, 0.3) is 0 Å². The minimum atomic E-state index is 0. The second-order valence-electron chi connectivity index (χ2n) is 4.73. The van der Waals surface area contributed by atoms with E-state index in [1.165, 1.54) is 13.0 Å². The van der Waals surface area contributed by atoms with Crippen molar-refractivity contribution in [3.63, 3.8) is 0 Å². The Morgan fingerprint density at radius 1 is 1.25 bits per heavy atom. The fourth-order valence-electron chi connectivity index (χ4n) is 1.93. The van der Waals surface area contributed by atoms with E-state index in [9.17, 15) is 0 Å². The Hall–Kier alpha value is -0.0800. The van der Waals surface area contributed by atoms with Crippen LogP contribution in [-0.2, 0) is 4.74 Å². The first-order valence-corrected chi connectivity index (χ1v) is 7.36. The SMILES string of the molecule is CCN(CC)CCCCNC(=NC)NC(C)COC.I. The summed E-state index contributed by atoms with van der Waals surface area (Å²) in [5.74, 6) is 0.854. The third kappa shape index (κ3) is 11.7. The van der Waals surface area contributed by atoms with Gasteiger partial charge in [-0.1, -0.05) is 13.8 Å². The molecular weight excluding hydrogens is 367 g/mol. The van der Waals surface area contributed by atoms with E-state index in [1.807, 2.05) is 0 Å². The summed E-state index contributed by atoms with van der Waals surface area (Å²) in [7, 11) is 3.51. The van der Waals surface area contributed by atoms with Crippen molar-refractivity contribution in [2.45, 2.75) is 39.7 Å². The molecule has 6 heteroatoms. The molecule has 0 aliphatic heterocycles. The van der Waals surface area contributed by atoms with Gasteiger partial charge in [0, 0.05) is 26.7 Å². The van der Waals surface area contributed by atoms with Gasteiger partial charge >= 0.3 is 0 Å². The molecule has 1 atom stereocenters. The van der Waals surface area contributed by atoms with Gasteiger partial charge in [0.05, 0.1) is 6.61 Å². The Kier molecular flexibility index (Phi) is 17.0. The van der Waals surface area contributed by atoms with Crippen molar-refractivity contribution in [2.75, 3.05) is 46.9 Å². The van der Waals surface area contributed by atoms with E-state index in [0.717, 1.165) is 32.0 Å². The lowest BCUT2D eigenvalue weighted by Gasteiger charge is -2.19. The Labute approximate surface area is 141 Å². The van der Waals surface area contributed by atoms with Crippen LogP contribution in [-0.4, -0.2) is 63.8 Å². The molecule has 0 aromatic rings. The highest BCUT2D eigenvalue weighted by atomic mass is 127. The molecule has 0 aromatic carbocycles. The molecule has 2 N–H and O–H groups in total. The molecule has 0 radical (unpaired) electrons. The molecule has 1 unspecified atom stereocenters. The standard InChI is InChI=1S/C14H32N4O.HI/c1-6-18(7-2)11-9-8-10-16-14(15-4)17-13(3)12-19-5;/h13H,6-12H2,1-5H3,(H2,15,16,17);1H. The molecule has 0 aliphatic rings. The highest BCUT2D eigenvalue weighted by Gasteiger charge is 2.04. The van der Waals surface area contributed by atoms with E-state index in [0.29, 0.717) is 6.61 Å². The zero-order valence-electron chi connectivity index (χ0n) is 13.7. The van der Waals surface area contributed by atoms with Crippen LogP contribution in [0.5, 0.6) is 0 Å². The Bertz CT molecular complexity index is 235. The van der Waals surface area contributed by atoms with E-state index in [2.05, 4.69) is 41.3 Å². The number of hydrogen-bond donors (Lipinski definition) is 2. The smallest absolute Gasteiger partial charge is 0.191 e. The maximum Gasteiger partial charge on any atom is 0.191 e. The van der Waals surface area contributed by atoms with Crippen molar-refractivity contribution in [3.8, 4) is 0 Å². The van der Waals surface area contributed by atoms with Crippen molar-refractivity contribution in [1.82, 2.24) is 15.5 Å². The van der Waals surface area contributed by atoms with Crippen LogP contribution in [0, 0.1) is 0 Å². The number of nitrogens with zero attached hydrogens (tertiary/aromatic N) is 2. The van der Waals surface area contributed by atoms with Crippen molar-refractivity contribution in [1.29, 1.82) is 0 Å². The summed E-state index contributed by atoms with van der Waals surface area (Å²) in [6.45, 7) is 11.6. The van der Waals surface area contributed by atoms with Gasteiger partial charge in [-0.3, -0.25) is 4.99 Å². The molecule has 20 heavy (non-hydrogen) atoms. The summed E-state index contributed by atoms with van der Waals surface area (Å²) in [6.07, 6.45) is 2.38. The summed E-state index contributed by atoms with van der Waals surface area (Å²) in [5, 5.41) is 6.63. The minimum absolute atomic E-state index is 0. The van der Waals surface area contributed by atoms with Crippen molar-refractivity contribution in [3.05, 3.63) is 0 Å². The number of unbranched alkanes of at least 4 members (excludes halogenated alkanes) is 1. The molecule has 0 rings (SSSR count). The van der Waals surface area contributed by atoms with Gasteiger partial charge in [0.1, 0.15) is 0 Å². The number of ether oxygens (including phenoxy) is 1. The third-order valence-electron chi connectivity index (χ3n) is 3.11. The largest absolute Gasteiger partial charge is 0.383 e. The zero-order valence-corrected chi connectivity index (χ0v) is 16.1. The van der Waals surface area contributed by atoms with Crippen molar-refractivity contribution >= 4 is 29.9 Å². The van der Waals surface area contributed by atoms with E-state index in [4.69, 9.17) is 4.74 Å². The van der Waals surface area contributed by atoms with Crippen LogP contribution >= 0.6 is 24.0 Å². The first-order valence-electron chi connectivity index (χ1n) is 7.36. The highest BCUT2D eigenvalue weighted by molar-refractivity contribution is 14.0. The van der Waals surface area contributed by atoms with E-state index < -0.39 is 0 Å². The number of halogens is 1. The van der Waals surface area contributed by atoms with E-state index in [1.54, 1.807) is 14.2 Å². The molecule has 0 amide bonds. The first kappa shape index (κ1) is 22.2. The van der Waals surface area contributed by atoms with Gasteiger partial charge in [-0.25, -0.2) is 0 Å². The van der Waals surface area contributed by atoms with Crippen molar-refractivity contribution < 1.29 is 4.74 Å². The van der Waals surface area contributed by atoms with Crippen LogP contribution in [0.3, 0.4) is 0 Å². The molecule has 5 nitrogen and oxygen atoms in total. The number of guanidine groups is 1. The fraction of sp³-hybridized carbons (Fsp3) is 0.929. The summed E-state index contributed by atoms with van der Waals surface area (Å²) < 4.78 is 5.09. The molecule has 0 heterocycles. The number of rotatable bonds is 10. The number of methoxy groups -OCH3 is 1. The predicted molar refractivity (Wildman–Crippen MR) is 98.3 cm³/mol. The van der Waals surface area contributed by atoms with Crippen LogP contribution in [0.15, 0.2) is 4.99 Å². The minimum Gasteiger partial charge on any atom is -0.383 e. The van der Waals surface area contributed by atoms with Gasteiger partial charge in [0.2, 0.25) is 0 Å². The second-order valence-corrected chi connectivity index (χ2v) is 4.73. The Morgan fingerprint density at radius 2 is 1.90 bits per heavy atom. The number of nitrogens with one attached hydrogen (secondary N) is 2. The molecule has 0 bridgehead atoms. The van der Waals surface area contributed by atoms with Crippen LogP contribution in [0.2, 0.25) is 0 Å². The third-order valence-corrected chi connectivity index (χ3v) is 3.11. The summed E-state index contributed by atoms with van der Waals surface area (Å²) in [6, 6.07) is 0.270. The predicted octanol–water partition coefficient (Wildman–Crippen LogP) is 1.93. The maximum atomic E-state index is 5.09. The van der Waals surface area contributed by atoms with Gasteiger partial charge in [0.15, 0.2) is 5.96 Å². The Balaban J connectivity index is 0. The normalized spacial score (nSPS) is 13.0. The van der Waals surface area contributed by atoms with Crippen molar-refractivity contribution in [2.24, 2.45) is 4.99 Å². The highest BCUT2D eigenvalue weighted by Crippen LogP contribution is 1.94. The first-order chi connectivity index (χ1) is 9.17. The summed E-state index contributed by atoms with van der Waals surface area (Å²) >= 11 is 0. The summed E-state index contributed by atoms with van der Waals surface area (Å²) in [4.78, 5) is 6.66. The monoisotopic (exact) mass is 400 g/mol. The topological polar surface area (TPSA) is 48.9 Å². The molecule has 0 aliphatic carbocycles. The van der Waals surface area contributed by atoms with Crippen LogP contribution in [0.25, 0.3) is 0 Å². The molecule has 0 spiro atoms. The molecule has 0 saturated heterocycles. The lowest BCUT2D eigenvalue weighted by atomic mass is 10.3. The average molecular weight is 400 g/mol. The van der Waals surface area contributed by atoms with Gasteiger partial charge in [-0.05, 0) is 39.4 Å². The summed E-state index contributed by atoms with van der Waals surface area (Å²) in [5.41, 5.74) is 0. The molecule has 0 aromatic heterocycles. The second kappa shape index (κ2) is 15.3. The fourth-order valence-corrected chi connectivity index (χ4v) is 1.93. The maximum absolute atomic E-state index is 5.09. The molecular formula is C14H33IN4O. The van der Waals surface area contributed by atoms with Gasteiger partial charge < -0.3 is 20.3 Å². The molecule has 0 fully saturated rings. The van der Waals surface area contributed by atoms with E-state index in [-0.39, 0.29) is 30.0 Å².